The SMILES string of the molecule is CCOc1ccc(/C=C/c2nc3s/c(=C\c4ccc(-c5ccc(Br)cc5)o4)c(=O)n3n2)cc1OC. The van der Waals surface area contributed by atoms with Crippen LogP contribution in [0.1, 0.15) is 24.1 Å². The van der Waals surface area contributed by atoms with Crippen LogP contribution < -0.4 is 19.6 Å². The van der Waals surface area contributed by atoms with Crippen LogP contribution in [0.5, 0.6) is 11.5 Å². The van der Waals surface area contributed by atoms with Gasteiger partial charge in [0.2, 0.25) is 4.96 Å². The molecule has 0 radical (unpaired) electrons. The first-order valence-electron chi connectivity index (χ1n) is 10.8. The van der Waals surface area contributed by atoms with E-state index in [0.717, 1.165) is 21.4 Å². The fraction of sp³-hybridized carbons (Fsp3) is 0.115. The van der Waals surface area contributed by atoms with E-state index >= 15 is 0 Å². The number of rotatable bonds is 7. The summed E-state index contributed by atoms with van der Waals surface area (Å²) in [7, 11) is 1.60. The van der Waals surface area contributed by atoms with Gasteiger partial charge in [-0.2, -0.15) is 9.50 Å². The number of hydrogen-bond donors (Lipinski definition) is 0. The molecule has 9 heteroatoms. The van der Waals surface area contributed by atoms with E-state index in [1.165, 1.54) is 15.9 Å². The summed E-state index contributed by atoms with van der Waals surface area (Å²) in [6.45, 7) is 2.48. The minimum atomic E-state index is -0.235. The second-order valence-corrected chi connectivity index (χ2v) is 9.39. The third-order valence-corrected chi connectivity index (χ3v) is 6.63. The first-order chi connectivity index (χ1) is 17.0. The van der Waals surface area contributed by atoms with Crippen LogP contribution in [-0.2, 0) is 0 Å². The second-order valence-electron chi connectivity index (χ2n) is 7.47. The molecule has 5 rings (SSSR count). The molecule has 3 heterocycles. The molecule has 35 heavy (non-hydrogen) atoms. The van der Waals surface area contributed by atoms with E-state index in [1.54, 1.807) is 19.3 Å². The van der Waals surface area contributed by atoms with Crippen molar-refractivity contribution >= 4 is 50.5 Å². The Hall–Kier alpha value is -3.69. The Labute approximate surface area is 213 Å². The molecule has 0 bridgehead atoms. The summed E-state index contributed by atoms with van der Waals surface area (Å²) in [5.41, 5.74) is 1.63. The monoisotopic (exact) mass is 549 g/mol. The zero-order chi connectivity index (χ0) is 24.4. The lowest BCUT2D eigenvalue weighted by Gasteiger charge is -2.09. The van der Waals surface area contributed by atoms with Gasteiger partial charge < -0.3 is 13.9 Å². The Morgan fingerprint density at radius 1 is 1.09 bits per heavy atom. The molecule has 0 aliphatic carbocycles. The fourth-order valence-corrected chi connectivity index (χ4v) is 4.64. The average Bonchev–Trinajstić information content (AvgIpc) is 3.56. The maximum Gasteiger partial charge on any atom is 0.291 e. The molecule has 5 aromatic rings. The van der Waals surface area contributed by atoms with Crippen LogP contribution in [0.4, 0.5) is 0 Å². The Morgan fingerprint density at radius 3 is 2.66 bits per heavy atom. The van der Waals surface area contributed by atoms with Gasteiger partial charge in [0.25, 0.3) is 5.56 Å². The van der Waals surface area contributed by atoms with Crippen LogP contribution in [0.25, 0.3) is 34.5 Å². The largest absolute Gasteiger partial charge is 0.493 e. The second kappa shape index (κ2) is 9.89. The van der Waals surface area contributed by atoms with Crippen LogP contribution in [0.2, 0.25) is 0 Å². The van der Waals surface area contributed by atoms with Crippen molar-refractivity contribution in [1.82, 2.24) is 14.6 Å². The van der Waals surface area contributed by atoms with E-state index in [2.05, 4.69) is 26.0 Å². The van der Waals surface area contributed by atoms with E-state index in [4.69, 9.17) is 13.9 Å². The number of methoxy groups -OCH3 is 1. The molecule has 0 atom stereocenters. The van der Waals surface area contributed by atoms with E-state index in [1.807, 2.05) is 67.6 Å². The fourth-order valence-electron chi connectivity index (χ4n) is 3.48. The molecule has 7 nitrogen and oxygen atoms in total. The summed E-state index contributed by atoms with van der Waals surface area (Å²) in [5.74, 6) is 3.11. The van der Waals surface area contributed by atoms with Crippen molar-refractivity contribution in [3.63, 3.8) is 0 Å². The highest BCUT2D eigenvalue weighted by Gasteiger charge is 2.11. The quantitative estimate of drug-likeness (QED) is 0.274. The first kappa shape index (κ1) is 23.1. The maximum atomic E-state index is 12.9. The number of halogens is 1. The zero-order valence-electron chi connectivity index (χ0n) is 18.9. The number of ether oxygens (including phenoxy) is 2. The van der Waals surface area contributed by atoms with Gasteiger partial charge in [0.15, 0.2) is 17.3 Å². The molecule has 0 unspecified atom stereocenters. The van der Waals surface area contributed by atoms with Crippen LogP contribution in [0.3, 0.4) is 0 Å². The lowest BCUT2D eigenvalue weighted by Crippen LogP contribution is -2.23. The average molecular weight is 550 g/mol. The number of aromatic nitrogens is 3. The number of fused-ring (bicyclic) bond motifs is 1. The molecule has 0 spiro atoms. The Balaban J connectivity index is 1.38. The predicted molar refractivity (Wildman–Crippen MR) is 141 cm³/mol. The van der Waals surface area contributed by atoms with Crippen molar-refractivity contribution in [2.24, 2.45) is 0 Å². The molecule has 0 saturated heterocycles. The van der Waals surface area contributed by atoms with Crippen LogP contribution in [0, 0.1) is 0 Å². The van der Waals surface area contributed by atoms with Crippen molar-refractivity contribution in [2.75, 3.05) is 13.7 Å². The van der Waals surface area contributed by atoms with Crippen molar-refractivity contribution < 1.29 is 13.9 Å². The number of hydrogen-bond acceptors (Lipinski definition) is 7. The molecule has 0 saturated carbocycles. The Kier molecular flexibility index (Phi) is 6.52. The zero-order valence-corrected chi connectivity index (χ0v) is 21.3. The highest BCUT2D eigenvalue weighted by Crippen LogP contribution is 2.29. The molecule has 0 amide bonds. The number of furan rings is 1. The third-order valence-electron chi connectivity index (χ3n) is 5.14. The van der Waals surface area contributed by atoms with E-state index in [0.29, 0.717) is 39.2 Å². The van der Waals surface area contributed by atoms with E-state index < -0.39 is 0 Å². The van der Waals surface area contributed by atoms with Gasteiger partial charge in [-0.1, -0.05) is 51.5 Å². The summed E-state index contributed by atoms with van der Waals surface area (Å²) in [4.78, 5) is 17.8. The number of benzene rings is 2. The minimum Gasteiger partial charge on any atom is -0.493 e. The van der Waals surface area contributed by atoms with Gasteiger partial charge in [0.1, 0.15) is 16.1 Å². The topological polar surface area (TPSA) is 78.9 Å². The number of nitrogens with zero attached hydrogens (tertiary/aromatic N) is 3. The summed E-state index contributed by atoms with van der Waals surface area (Å²) in [6.07, 6.45) is 5.34. The minimum absolute atomic E-state index is 0.235. The van der Waals surface area contributed by atoms with Crippen LogP contribution in [-0.4, -0.2) is 28.3 Å². The Morgan fingerprint density at radius 2 is 1.91 bits per heavy atom. The van der Waals surface area contributed by atoms with Crippen molar-refractivity contribution in [3.05, 3.63) is 91.1 Å². The van der Waals surface area contributed by atoms with Gasteiger partial charge in [-0.25, -0.2) is 0 Å². The molecular formula is C26H20BrN3O4S. The standard InChI is InChI=1S/C26H20BrN3O4S/c1-3-33-21-11-4-16(14-22(21)32-2)5-13-24-28-26-30(29-24)25(31)23(35-26)15-19-10-12-20(34-19)17-6-8-18(27)9-7-17/h4-15H,3H2,1-2H3/b13-5+,23-15-. The summed E-state index contributed by atoms with van der Waals surface area (Å²) in [5, 5.41) is 4.35. The van der Waals surface area contributed by atoms with Crippen LogP contribution in [0.15, 0.2) is 68.3 Å². The highest BCUT2D eigenvalue weighted by molar-refractivity contribution is 9.10. The smallest absolute Gasteiger partial charge is 0.291 e. The molecule has 0 N–H and O–H groups in total. The molecule has 2 aromatic carbocycles. The van der Waals surface area contributed by atoms with Gasteiger partial charge in [-0.3, -0.25) is 4.79 Å². The molecule has 3 aromatic heterocycles. The third kappa shape index (κ3) is 4.91. The summed E-state index contributed by atoms with van der Waals surface area (Å²) >= 11 is 4.70. The van der Waals surface area contributed by atoms with Gasteiger partial charge in [0.05, 0.1) is 13.7 Å². The van der Waals surface area contributed by atoms with Crippen molar-refractivity contribution in [3.8, 4) is 22.8 Å². The van der Waals surface area contributed by atoms with Crippen molar-refractivity contribution in [1.29, 1.82) is 0 Å². The maximum absolute atomic E-state index is 12.9. The van der Waals surface area contributed by atoms with Gasteiger partial charge >= 0.3 is 0 Å². The highest BCUT2D eigenvalue weighted by atomic mass is 79.9. The number of thiazole rings is 1. The van der Waals surface area contributed by atoms with Gasteiger partial charge in [-0.05, 0) is 55.0 Å². The summed E-state index contributed by atoms with van der Waals surface area (Å²) < 4.78 is 19.7. The van der Waals surface area contributed by atoms with E-state index in [9.17, 15) is 4.79 Å². The van der Waals surface area contributed by atoms with Gasteiger partial charge in [-0.15, -0.1) is 5.10 Å². The molecule has 0 fully saturated rings. The predicted octanol–water partition coefficient (Wildman–Crippen LogP) is 5.30. The van der Waals surface area contributed by atoms with Gasteiger partial charge in [0, 0.05) is 16.1 Å². The molecular weight excluding hydrogens is 530 g/mol. The Bertz CT molecular complexity index is 1630. The molecule has 0 aliphatic heterocycles. The summed E-state index contributed by atoms with van der Waals surface area (Å²) in [6, 6.07) is 17.2. The lowest BCUT2D eigenvalue weighted by atomic mass is 10.2. The van der Waals surface area contributed by atoms with Crippen LogP contribution >= 0.6 is 27.3 Å². The van der Waals surface area contributed by atoms with Crippen molar-refractivity contribution in [2.45, 2.75) is 6.92 Å². The van der Waals surface area contributed by atoms with E-state index in [-0.39, 0.29) is 5.56 Å². The first-order valence-corrected chi connectivity index (χ1v) is 12.4. The lowest BCUT2D eigenvalue weighted by molar-refractivity contribution is 0.311. The molecule has 0 aliphatic rings. The molecule has 176 valence electrons. The normalized spacial score (nSPS) is 12.1.